The van der Waals surface area contributed by atoms with Crippen molar-refractivity contribution in [1.29, 1.82) is 0 Å². The number of rotatable bonds is 7. The molecule has 3 aromatic rings. The largest absolute Gasteiger partial charge is 0.505 e. The fraction of sp³-hybridized carbons (Fsp3) is 0.400. The van der Waals surface area contributed by atoms with Gasteiger partial charge >= 0.3 is 0 Å². The summed E-state index contributed by atoms with van der Waals surface area (Å²) < 4.78 is 1.41. The van der Waals surface area contributed by atoms with E-state index in [0.29, 0.717) is 0 Å². The number of amides is 1. The molecule has 1 aliphatic carbocycles. The van der Waals surface area contributed by atoms with Crippen molar-refractivity contribution in [2.24, 2.45) is 0 Å². The van der Waals surface area contributed by atoms with Crippen LogP contribution in [0.3, 0.4) is 0 Å². The first-order valence-corrected chi connectivity index (χ1v) is 12.6. The summed E-state index contributed by atoms with van der Waals surface area (Å²) in [5.41, 5.74) is -0.428. The number of H-pyrrole nitrogens is 1. The van der Waals surface area contributed by atoms with E-state index in [-0.39, 0.29) is 51.9 Å². The quantitative estimate of drug-likeness (QED) is 0.359. The SMILES string of the molecule is C[C@@H](Nc1c(Nc2cccc(C(=O)N(C)C)c2O)c(=O)n(C2CCCCC2)[nH]c1=O)c1cccs1. The molecule has 1 saturated carbocycles. The Balaban J connectivity index is 1.81. The molecule has 0 bridgehead atoms. The second-order valence-corrected chi connectivity index (χ2v) is 10.0. The summed E-state index contributed by atoms with van der Waals surface area (Å²) in [5, 5.41) is 21.7. The molecular weight excluding hydrogens is 466 g/mol. The molecule has 4 N–H and O–H groups in total. The van der Waals surface area contributed by atoms with E-state index in [1.807, 2.05) is 24.4 Å². The zero-order valence-corrected chi connectivity index (χ0v) is 20.9. The Hall–Kier alpha value is -3.53. The van der Waals surface area contributed by atoms with E-state index in [9.17, 15) is 19.5 Å². The Labute approximate surface area is 207 Å². The number of hydrogen-bond donors (Lipinski definition) is 4. The number of nitrogens with zero attached hydrogens (tertiary/aromatic N) is 2. The number of carbonyl (C=O) groups is 1. The molecule has 4 rings (SSSR count). The molecule has 0 radical (unpaired) electrons. The van der Waals surface area contributed by atoms with Crippen molar-refractivity contribution >= 4 is 34.3 Å². The number of anilines is 3. The van der Waals surface area contributed by atoms with Gasteiger partial charge in [0, 0.05) is 19.0 Å². The lowest BCUT2D eigenvalue weighted by molar-refractivity contribution is 0.0824. The van der Waals surface area contributed by atoms with Crippen LogP contribution in [0.1, 0.15) is 66.3 Å². The average Bonchev–Trinajstić information content (AvgIpc) is 3.39. The van der Waals surface area contributed by atoms with Crippen molar-refractivity contribution in [1.82, 2.24) is 14.7 Å². The van der Waals surface area contributed by atoms with Gasteiger partial charge in [0.2, 0.25) is 0 Å². The van der Waals surface area contributed by atoms with Crippen molar-refractivity contribution in [3.8, 4) is 5.75 Å². The highest BCUT2D eigenvalue weighted by molar-refractivity contribution is 7.10. The molecule has 10 heteroatoms. The van der Waals surface area contributed by atoms with Crippen LogP contribution in [0.25, 0.3) is 0 Å². The Morgan fingerprint density at radius 1 is 1.14 bits per heavy atom. The topological polar surface area (TPSA) is 119 Å². The zero-order chi connectivity index (χ0) is 25.1. The van der Waals surface area contributed by atoms with E-state index in [1.165, 1.54) is 15.6 Å². The van der Waals surface area contributed by atoms with Crippen molar-refractivity contribution in [3.05, 3.63) is 66.9 Å². The fourth-order valence-electron chi connectivity index (χ4n) is 4.42. The first-order chi connectivity index (χ1) is 16.8. The first kappa shape index (κ1) is 24.6. The van der Waals surface area contributed by atoms with Gasteiger partial charge in [-0.05, 0) is 43.3 Å². The molecular formula is C25H31N5O4S. The molecule has 2 heterocycles. The molecule has 0 unspecified atom stereocenters. The fourth-order valence-corrected chi connectivity index (χ4v) is 5.16. The number of benzene rings is 1. The molecule has 1 aliphatic rings. The third kappa shape index (κ3) is 5.12. The second kappa shape index (κ2) is 10.4. The molecule has 186 valence electrons. The van der Waals surface area contributed by atoms with Crippen LogP contribution < -0.4 is 21.8 Å². The van der Waals surface area contributed by atoms with Crippen molar-refractivity contribution < 1.29 is 9.90 Å². The summed E-state index contributed by atoms with van der Waals surface area (Å²) in [5.74, 6) is -0.659. The predicted octanol–water partition coefficient (Wildman–Crippen LogP) is 4.43. The van der Waals surface area contributed by atoms with Crippen molar-refractivity contribution in [2.75, 3.05) is 24.7 Å². The molecule has 1 amide bonds. The minimum atomic E-state index is -0.430. The number of aromatic amines is 1. The van der Waals surface area contributed by atoms with Crippen LogP contribution >= 0.6 is 11.3 Å². The number of thiophene rings is 1. The standard InChI is InChI=1S/C25H31N5O4S/c1-15(19-13-8-14-35-19)26-20-21(25(34)30(28-23(20)32)16-9-5-4-6-10-16)27-18-12-7-11-17(22(18)31)24(33)29(2)3/h7-8,11-16,26-27,31H,4-6,9-10H2,1-3H3,(H,28,32)/t15-/m1/s1. The molecule has 35 heavy (non-hydrogen) atoms. The summed E-state index contributed by atoms with van der Waals surface area (Å²) in [4.78, 5) is 41.8. The van der Waals surface area contributed by atoms with Crippen LogP contribution in [-0.4, -0.2) is 39.8 Å². The van der Waals surface area contributed by atoms with Crippen molar-refractivity contribution in [2.45, 2.75) is 51.1 Å². The molecule has 1 atom stereocenters. The van der Waals surface area contributed by atoms with Gasteiger partial charge in [-0.2, -0.15) is 0 Å². The Morgan fingerprint density at radius 2 is 1.89 bits per heavy atom. The molecule has 9 nitrogen and oxygen atoms in total. The lowest BCUT2D eigenvalue weighted by atomic mass is 9.95. The van der Waals surface area contributed by atoms with E-state index < -0.39 is 5.56 Å². The number of aromatic nitrogens is 2. The minimum absolute atomic E-state index is 0.0347. The van der Waals surface area contributed by atoms with E-state index in [1.54, 1.807) is 37.6 Å². The number of phenolic OH excluding ortho intramolecular Hbond substituents is 1. The number of para-hydroxylation sites is 1. The highest BCUT2D eigenvalue weighted by atomic mass is 32.1. The predicted molar refractivity (Wildman–Crippen MR) is 139 cm³/mol. The van der Waals surface area contributed by atoms with Crippen LogP contribution in [0.2, 0.25) is 0 Å². The average molecular weight is 498 g/mol. The molecule has 2 aromatic heterocycles. The van der Waals surface area contributed by atoms with Crippen molar-refractivity contribution in [3.63, 3.8) is 0 Å². The summed E-state index contributed by atoms with van der Waals surface area (Å²) in [6.45, 7) is 1.91. The maximum absolute atomic E-state index is 13.7. The lowest BCUT2D eigenvalue weighted by Crippen LogP contribution is -2.36. The summed E-state index contributed by atoms with van der Waals surface area (Å²) in [6.07, 6.45) is 4.72. The maximum atomic E-state index is 13.7. The van der Waals surface area contributed by atoms with Gasteiger partial charge in [-0.25, -0.2) is 4.68 Å². The van der Waals surface area contributed by atoms with Gasteiger partial charge in [0.25, 0.3) is 17.0 Å². The zero-order valence-electron chi connectivity index (χ0n) is 20.1. The monoisotopic (exact) mass is 497 g/mol. The van der Waals surface area contributed by atoms with E-state index >= 15 is 0 Å². The van der Waals surface area contributed by atoms with E-state index in [4.69, 9.17) is 0 Å². The number of aromatic hydroxyl groups is 1. The lowest BCUT2D eigenvalue weighted by Gasteiger charge is -2.25. The van der Waals surface area contributed by atoms with Gasteiger partial charge in [0.1, 0.15) is 11.4 Å². The Morgan fingerprint density at radius 3 is 2.54 bits per heavy atom. The third-order valence-corrected chi connectivity index (χ3v) is 7.39. The normalized spacial score (nSPS) is 14.9. The Kier molecular flexibility index (Phi) is 7.30. The number of carbonyl (C=O) groups excluding carboxylic acids is 1. The third-order valence-electron chi connectivity index (χ3n) is 6.33. The van der Waals surface area contributed by atoms with Crippen LogP contribution in [0.4, 0.5) is 17.1 Å². The first-order valence-electron chi connectivity index (χ1n) is 11.8. The van der Waals surface area contributed by atoms with E-state index in [2.05, 4.69) is 15.7 Å². The van der Waals surface area contributed by atoms with Gasteiger partial charge in [-0.15, -0.1) is 11.3 Å². The number of hydrogen-bond acceptors (Lipinski definition) is 7. The Bertz CT molecular complexity index is 1310. The van der Waals surface area contributed by atoms with Gasteiger partial charge < -0.3 is 20.6 Å². The van der Waals surface area contributed by atoms with Crippen LogP contribution in [0, 0.1) is 0 Å². The maximum Gasteiger partial charge on any atom is 0.291 e. The molecule has 1 fully saturated rings. The summed E-state index contributed by atoms with van der Waals surface area (Å²) >= 11 is 1.55. The smallest absolute Gasteiger partial charge is 0.291 e. The highest BCUT2D eigenvalue weighted by Gasteiger charge is 2.25. The molecule has 0 spiro atoms. The highest BCUT2D eigenvalue weighted by Crippen LogP contribution is 2.33. The molecule has 0 saturated heterocycles. The number of nitrogens with one attached hydrogen (secondary N) is 3. The van der Waals surface area contributed by atoms with Gasteiger partial charge in [-0.1, -0.05) is 31.4 Å². The molecule has 0 aliphatic heterocycles. The minimum Gasteiger partial charge on any atom is -0.505 e. The van der Waals surface area contributed by atoms with Crippen LogP contribution in [-0.2, 0) is 0 Å². The van der Waals surface area contributed by atoms with E-state index in [0.717, 1.165) is 37.0 Å². The van der Waals surface area contributed by atoms with Gasteiger partial charge in [-0.3, -0.25) is 19.5 Å². The molecule has 1 aromatic carbocycles. The van der Waals surface area contributed by atoms with Crippen LogP contribution in [0.5, 0.6) is 5.75 Å². The van der Waals surface area contributed by atoms with Gasteiger partial charge in [0.05, 0.1) is 23.3 Å². The summed E-state index contributed by atoms with van der Waals surface area (Å²) in [6, 6.07) is 8.26. The van der Waals surface area contributed by atoms with Gasteiger partial charge in [0.15, 0.2) is 5.75 Å². The second-order valence-electron chi connectivity index (χ2n) is 9.07. The summed E-state index contributed by atoms with van der Waals surface area (Å²) in [7, 11) is 3.19. The number of phenols is 1. The van der Waals surface area contributed by atoms with Crippen LogP contribution in [0.15, 0.2) is 45.3 Å².